The molecule has 2 rings (SSSR count). The highest BCUT2D eigenvalue weighted by Gasteiger charge is 2.16. The van der Waals surface area contributed by atoms with Crippen LogP contribution in [0.15, 0.2) is 10.7 Å². The van der Waals surface area contributed by atoms with E-state index in [-0.39, 0.29) is 5.56 Å². The third-order valence-electron chi connectivity index (χ3n) is 2.23. The Hall–Kier alpha value is -0.940. The molecule has 74 valence electrons. The summed E-state index contributed by atoms with van der Waals surface area (Å²) in [5.41, 5.74) is 2.20. The van der Waals surface area contributed by atoms with Crippen molar-refractivity contribution < 1.29 is 9.90 Å². The molecule has 1 aromatic rings. The Morgan fingerprint density at radius 1 is 1.64 bits per heavy atom. The highest BCUT2D eigenvalue weighted by Crippen LogP contribution is 2.20. The van der Waals surface area contributed by atoms with Crippen molar-refractivity contribution in [3.63, 3.8) is 0 Å². The Kier molecular flexibility index (Phi) is 2.52. The van der Waals surface area contributed by atoms with Crippen molar-refractivity contribution in [1.82, 2.24) is 10.3 Å². The van der Waals surface area contributed by atoms with Gasteiger partial charge in [-0.25, -0.2) is 9.78 Å². The fourth-order valence-corrected chi connectivity index (χ4v) is 2.02. The third kappa shape index (κ3) is 1.65. The smallest absolute Gasteiger partial charge is 0.338 e. The SMILES string of the molecule is O=C(O)c1cc2c(nc1Br)CCNC2. The minimum absolute atomic E-state index is 0.229. The van der Waals surface area contributed by atoms with Gasteiger partial charge >= 0.3 is 5.97 Å². The maximum Gasteiger partial charge on any atom is 0.338 e. The molecule has 0 spiro atoms. The highest BCUT2D eigenvalue weighted by molar-refractivity contribution is 9.10. The van der Waals surface area contributed by atoms with Crippen LogP contribution < -0.4 is 5.32 Å². The zero-order valence-corrected chi connectivity index (χ0v) is 8.97. The van der Waals surface area contributed by atoms with E-state index in [1.54, 1.807) is 6.07 Å². The van der Waals surface area contributed by atoms with E-state index in [0.717, 1.165) is 24.2 Å². The first kappa shape index (κ1) is 9.61. The molecule has 0 atom stereocenters. The molecule has 1 aromatic heterocycles. The van der Waals surface area contributed by atoms with E-state index in [1.165, 1.54) is 0 Å². The van der Waals surface area contributed by atoms with Crippen molar-refractivity contribution in [3.05, 3.63) is 27.5 Å². The van der Waals surface area contributed by atoms with Crippen LogP contribution in [0.25, 0.3) is 0 Å². The van der Waals surface area contributed by atoms with Crippen LogP contribution in [0.3, 0.4) is 0 Å². The van der Waals surface area contributed by atoms with Crippen molar-refractivity contribution in [1.29, 1.82) is 0 Å². The molecular formula is C9H9BrN2O2. The van der Waals surface area contributed by atoms with Crippen molar-refractivity contribution in [2.75, 3.05) is 6.54 Å². The Bertz CT molecular complexity index is 393. The lowest BCUT2D eigenvalue weighted by molar-refractivity contribution is 0.0695. The monoisotopic (exact) mass is 256 g/mol. The standard InChI is InChI=1S/C9H9BrN2O2/c10-8-6(9(13)14)3-5-4-11-2-1-7(5)12-8/h3,11H,1-2,4H2,(H,13,14). The number of fused-ring (bicyclic) bond motifs is 1. The summed E-state index contributed by atoms with van der Waals surface area (Å²) in [6.45, 7) is 1.61. The zero-order chi connectivity index (χ0) is 10.1. The quantitative estimate of drug-likeness (QED) is 0.742. The first-order valence-corrected chi connectivity index (χ1v) is 5.10. The second kappa shape index (κ2) is 3.67. The van der Waals surface area contributed by atoms with E-state index in [4.69, 9.17) is 5.11 Å². The predicted molar refractivity (Wildman–Crippen MR) is 54.3 cm³/mol. The number of rotatable bonds is 1. The molecule has 0 saturated carbocycles. The minimum Gasteiger partial charge on any atom is -0.478 e. The summed E-state index contributed by atoms with van der Waals surface area (Å²) in [5, 5.41) is 12.1. The molecule has 0 unspecified atom stereocenters. The summed E-state index contributed by atoms with van der Waals surface area (Å²) < 4.78 is 0.422. The Morgan fingerprint density at radius 3 is 3.14 bits per heavy atom. The van der Waals surface area contributed by atoms with Crippen LogP contribution in [0.5, 0.6) is 0 Å². The Morgan fingerprint density at radius 2 is 2.43 bits per heavy atom. The number of aromatic nitrogens is 1. The summed E-state index contributed by atoms with van der Waals surface area (Å²) in [5.74, 6) is -0.947. The molecule has 0 radical (unpaired) electrons. The van der Waals surface area contributed by atoms with Crippen LogP contribution >= 0.6 is 15.9 Å². The van der Waals surface area contributed by atoms with Crippen molar-refractivity contribution in [3.8, 4) is 0 Å². The average Bonchev–Trinajstić information content (AvgIpc) is 2.16. The maximum absolute atomic E-state index is 10.8. The summed E-state index contributed by atoms with van der Waals surface area (Å²) >= 11 is 3.16. The molecule has 1 aliphatic rings. The number of nitrogens with one attached hydrogen (secondary N) is 1. The molecule has 5 heteroatoms. The van der Waals surface area contributed by atoms with Gasteiger partial charge in [0.05, 0.1) is 5.56 Å². The van der Waals surface area contributed by atoms with Gasteiger partial charge in [0.15, 0.2) is 0 Å². The van der Waals surface area contributed by atoms with E-state index in [2.05, 4.69) is 26.2 Å². The van der Waals surface area contributed by atoms with Gasteiger partial charge in [-0.2, -0.15) is 0 Å². The lowest BCUT2D eigenvalue weighted by Crippen LogP contribution is -2.25. The van der Waals surface area contributed by atoms with Gasteiger partial charge in [-0.15, -0.1) is 0 Å². The molecule has 0 amide bonds. The number of carboxylic acid groups (broad SMARTS) is 1. The number of carbonyl (C=O) groups is 1. The summed E-state index contributed by atoms with van der Waals surface area (Å²) in [7, 11) is 0. The Balaban J connectivity index is 2.50. The van der Waals surface area contributed by atoms with Gasteiger partial charge < -0.3 is 10.4 Å². The van der Waals surface area contributed by atoms with Crippen molar-refractivity contribution in [2.24, 2.45) is 0 Å². The van der Waals surface area contributed by atoms with Gasteiger partial charge in [0.2, 0.25) is 0 Å². The third-order valence-corrected chi connectivity index (χ3v) is 2.83. The maximum atomic E-state index is 10.8. The van der Waals surface area contributed by atoms with Crippen LogP contribution in [0.4, 0.5) is 0 Å². The molecule has 0 fully saturated rings. The second-order valence-electron chi connectivity index (χ2n) is 3.16. The van der Waals surface area contributed by atoms with E-state index < -0.39 is 5.97 Å². The van der Waals surface area contributed by atoms with E-state index in [1.807, 2.05) is 0 Å². The number of aromatic carboxylic acids is 1. The number of hydrogen-bond donors (Lipinski definition) is 2. The van der Waals surface area contributed by atoms with E-state index in [0.29, 0.717) is 11.1 Å². The molecule has 0 bridgehead atoms. The van der Waals surface area contributed by atoms with Crippen molar-refractivity contribution >= 4 is 21.9 Å². The van der Waals surface area contributed by atoms with Crippen molar-refractivity contribution in [2.45, 2.75) is 13.0 Å². The minimum atomic E-state index is -0.947. The number of halogens is 1. The zero-order valence-electron chi connectivity index (χ0n) is 7.38. The van der Waals surface area contributed by atoms with E-state index in [9.17, 15) is 4.79 Å². The summed E-state index contributed by atoms with van der Waals surface area (Å²) in [6, 6.07) is 1.68. The van der Waals surface area contributed by atoms with Gasteiger partial charge in [0, 0.05) is 25.2 Å². The molecule has 1 aliphatic heterocycles. The Labute approximate surface area is 89.5 Å². The molecular weight excluding hydrogens is 248 g/mol. The highest BCUT2D eigenvalue weighted by atomic mass is 79.9. The molecule has 14 heavy (non-hydrogen) atoms. The fraction of sp³-hybridized carbons (Fsp3) is 0.333. The van der Waals surface area contributed by atoms with Crippen LogP contribution in [-0.2, 0) is 13.0 Å². The summed E-state index contributed by atoms with van der Waals surface area (Å²) in [6.07, 6.45) is 0.855. The number of pyridine rings is 1. The molecule has 2 heterocycles. The molecule has 2 N–H and O–H groups in total. The normalized spacial score (nSPS) is 14.9. The average molecular weight is 257 g/mol. The van der Waals surface area contributed by atoms with Crippen LogP contribution in [0, 0.1) is 0 Å². The van der Waals surface area contributed by atoms with Gasteiger partial charge in [0.25, 0.3) is 0 Å². The molecule has 0 saturated heterocycles. The number of hydrogen-bond acceptors (Lipinski definition) is 3. The molecule has 4 nitrogen and oxygen atoms in total. The first-order chi connectivity index (χ1) is 6.68. The molecule has 0 aliphatic carbocycles. The number of carboxylic acids is 1. The lowest BCUT2D eigenvalue weighted by Gasteiger charge is -2.16. The van der Waals surface area contributed by atoms with Gasteiger partial charge in [-0.1, -0.05) is 0 Å². The van der Waals surface area contributed by atoms with Gasteiger partial charge in [-0.05, 0) is 27.6 Å². The summed E-state index contributed by atoms with van der Waals surface area (Å²) in [4.78, 5) is 15.0. The first-order valence-electron chi connectivity index (χ1n) is 4.31. The van der Waals surface area contributed by atoms with Crippen LogP contribution in [0.2, 0.25) is 0 Å². The number of nitrogens with zero attached hydrogens (tertiary/aromatic N) is 1. The topological polar surface area (TPSA) is 62.2 Å². The predicted octanol–water partition coefficient (Wildman–Crippen LogP) is 1.19. The largest absolute Gasteiger partial charge is 0.478 e. The second-order valence-corrected chi connectivity index (χ2v) is 3.92. The molecule has 0 aromatic carbocycles. The van der Waals surface area contributed by atoms with Crippen LogP contribution in [0.1, 0.15) is 21.6 Å². The van der Waals surface area contributed by atoms with Gasteiger partial charge in [0.1, 0.15) is 4.60 Å². The fourth-order valence-electron chi connectivity index (χ4n) is 1.52. The van der Waals surface area contributed by atoms with Gasteiger partial charge in [-0.3, -0.25) is 0 Å². The van der Waals surface area contributed by atoms with Crippen LogP contribution in [-0.4, -0.2) is 22.6 Å². The van der Waals surface area contributed by atoms with E-state index >= 15 is 0 Å². The lowest BCUT2D eigenvalue weighted by atomic mass is 10.1.